The van der Waals surface area contributed by atoms with E-state index in [1.54, 1.807) is 24.3 Å². The first-order valence-corrected chi connectivity index (χ1v) is 14.1. The predicted molar refractivity (Wildman–Crippen MR) is 156 cm³/mol. The van der Waals surface area contributed by atoms with E-state index in [9.17, 15) is 22.8 Å². The molecular formula is C30H24Cl2F3N5O2. The Kier molecular flexibility index (Phi) is 7.22. The fourth-order valence-corrected chi connectivity index (χ4v) is 5.32. The summed E-state index contributed by atoms with van der Waals surface area (Å²) < 4.78 is 39.8. The summed E-state index contributed by atoms with van der Waals surface area (Å²) in [4.78, 5) is 37.2. The molecule has 12 heteroatoms. The van der Waals surface area contributed by atoms with Crippen molar-refractivity contribution in [1.29, 1.82) is 0 Å². The Morgan fingerprint density at radius 2 is 1.71 bits per heavy atom. The summed E-state index contributed by atoms with van der Waals surface area (Å²) >= 11 is 12.7. The van der Waals surface area contributed by atoms with Crippen LogP contribution in [0.2, 0.25) is 10.0 Å². The van der Waals surface area contributed by atoms with E-state index in [0.717, 1.165) is 30.7 Å². The second-order valence-electron chi connectivity index (χ2n) is 10.5. The van der Waals surface area contributed by atoms with Crippen LogP contribution >= 0.6 is 23.2 Å². The zero-order chi connectivity index (χ0) is 29.6. The van der Waals surface area contributed by atoms with Crippen LogP contribution in [0.3, 0.4) is 0 Å². The molecule has 2 heterocycles. The van der Waals surface area contributed by atoms with Crippen molar-refractivity contribution in [2.24, 2.45) is 5.41 Å². The summed E-state index contributed by atoms with van der Waals surface area (Å²) in [5.74, 6) is -0.335. The Hall–Kier alpha value is -3.89. The highest BCUT2D eigenvalue weighted by Gasteiger charge is 2.68. The van der Waals surface area contributed by atoms with Crippen molar-refractivity contribution in [3.8, 4) is 11.4 Å². The summed E-state index contributed by atoms with van der Waals surface area (Å²) in [6.07, 6.45) is -4.00. The number of benzene rings is 3. The van der Waals surface area contributed by atoms with Gasteiger partial charge in [-0.15, -0.1) is 0 Å². The number of nitrogens with zero attached hydrogens (tertiary/aromatic N) is 3. The first kappa shape index (κ1) is 28.2. The SMILES string of the molecule is O=C(Nc1ccc2c(N3CCC3)nc(-c3ccccc3Cl)nc2c1)c1cc(CNC(=O)C2(C(F)(F)F)CC2)ccc1Cl. The number of amides is 2. The molecule has 1 saturated heterocycles. The van der Waals surface area contributed by atoms with Gasteiger partial charge in [-0.2, -0.15) is 13.2 Å². The molecule has 0 spiro atoms. The lowest BCUT2D eigenvalue weighted by Gasteiger charge is -2.33. The molecule has 1 aromatic heterocycles. The van der Waals surface area contributed by atoms with Crippen LogP contribution in [0.25, 0.3) is 22.3 Å². The lowest BCUT2D eigenvalue weighted by molar-refractivity contribution is -0.192. The number of halogens is 5. The third-order valence-electron chi connectivity index (χ3n) is 7.66. The fourth-order valence-electron chi connectivity index (χ4n) is 4.89. The van der Waals surface area contributed by atoms with Crippen molar-refractivity contribution >= 4 is 57.4 Å². The molecule has 216 valence electrons. The van der Waals surface area contributed by atoms with Gasteiger partial charge in [0, 0.05) is 36.3 Å². The largest absolute Gasteiger partial charge is 0.403 e. The summed E-state index contributed by atoms with van der Waals surface area (Å²) in [7, 11) is 0. The van der Waals surface area contributed by atoms with Crippen molar-refractivity contribution in [3.05, 3.63) is 81.8 Å². The van der Waals surface area contributed by atoms with E-state index in [1.807, 2.05) is 24.3 Å². The molecule has 0 unspecified atom stereocenters. The molecule has 0 bridgehead atoms. The van der Waals surface area contributed by atoms with Crippen LogP contribution in [0.5, 0.6) is 0 Å². The van der Waals surface area contributed by atoms with Gasteiger partial charge in [0.05, 0.1) is 21.1 Å². The Morgan fingerprint density at radius 1 is 0.952 bits per heavy atom. The van der Waals surface area contributed by atoms with E-state index in [1.165, 1.54) is 12.1 Å². The molecular weight excluding hydrogens is 590 g/mol. The molecule has 1 saturated carbocycles. The number of carbonyl (C=O) groups excluding carboxylic acids is 2. The van der Waals surface area contributed by atoms with Crippen molar-refractivity contribution in [1.82, 2.24) is 15.3 Å². The van der Waals surface area contributed by atoms with Gasteiger partial charge >= 0.3 is 6.18 Å². The van der Waals surface area contributed by atoms with Crippen molar-refractivity contribution in [2.45, 2.75) is 32.0 Å². The average molecular weight is 614 g/mol. The van der Waals surface area contributed by atoms with Crippen LogP contribution < -0.4 is 15.5 Å². The highest BCUT2D eigenvalue weighted by molar-refractivity contribution is 6.34. The van der Waals surface area contributed by atoms with Crippen molar-refractivity contribution in [2.75, 3.05) is 23.3 Å². The highest BCUT2D eigenvalue weighted by atomic mass is 35.5. The molecule has 2 fully saturated rings. The molecule has 0 atom stereocenters. The van der Waals surface area contributed by atoms with Gasteiger partial charge in [0.2, 0.25) is 5.91 Å². The third-order valence-corrected chi connectivity index (χ3v) is 8.32. The summed E-state index contributed by atoms with van der Waals surface area (Å²) in [5.41, 5.74) is -0.00874. The molecule has 7 nitrogen and oxygen atoms in total. The van der Waals surface area contributed by atoms with Crippen molar-refractivity contribution in [3.63, 3.8) is 0 Å². The number of hydrogen-bond acceptors (Lipinski definition) is 5. The van der Waals surface area contributed by atoms with Gasteiger partial charge in [0.1, 0.15) is 11.2 Å². The molecule has 2 amide bonds. The first-order chi connectivity index (χ1) is 20.1. The smallest absolute Gasteiger partial charge is 0.356 e. The Morgan fingerprint density at radius 3 is 2.38 bits per heavy atom. The number of fused-ring (bicyclic) bond motifs is 1. The minimum atomic E-state index is -4.60. The number of nitrogens with one attached hydrogen (secondary N) is 2. The lowest BCUT2D eigenvalue weighted by atomic mass is 10.1. The fraction of sp³-hybridized carbons (Fsp3) is 0.267. The molecule has 2 N–H and O–H groups in total. The summed E-state index contributed by atoms with van der Waals surface area (Å²) in [5, 5.41) is 6.67. The van der Waals surface area contributed by atoms with Gasteiger partial charge in [0.25, 0.3) is 5.91 Å². The maximum Gasteiger partial charge on any atom is 0.403 e. The van der Waals surface area contributed by atoms with Crippen LogP contribution in [0.4, 0.5) is 24.7 Å². The van der Waals surface area contributed by atoms with E-state index in [0.29, 0.717) is 33.2 Å². The van der Waals surface area contributed by atoms with E-state index in [4.69, 9.17) is 33.2 Å². The van der Waals surface area contributed by atoms with Gasteiger partial charge in [-0.25, -0.2) is 9.97 Å². The predicted octanol–water partition coefficient (Wildman–Crippen LogP) is 7.02. The standard InChI is InChI=1S/C30H24Cl2F3N5O2/c31-22-5-2-1-4-19(22)25-38-24-15-18(7-8-20(24)26(39-25)40-12-3-13-40)37-27(41)21-14-17(6-9-23(21)32)16-36-28(42)29(10-11-29)30(33,34)35/h1-2,4-9,14-15H,3,10-13,16H2,(H,36,42)(H,37,41). The minimum Gasteiger partial charge on any atom is -0.356 e. The molecule has 0 radical (unpaired) electrons. The Bertz CT molecular complexity index is 1720. The molecule has 1 aliphatic carbocycles. The number of alkyl halides is 3. The highest BCUT2D eigenvalue weighted by Crippen LogP contribution is 2.57. The van der Waals surface area contributed by atoms with Crippen LogP contribution in [0.15, 0.2) is 60.7 Å². The molecule has 6 rings (SSSR count). The zero-order valence-electron chi connectivity index (χ0n) is 22.1. The lowest BCUT2D eigenvalue weighted by Crippen LogP contribution is -2.40. The van der Waals surface area contributed by atoms with Crippen LogP contribution in [0, 0.1) is 5.41 Å². The van der Waals surface area contributed by atoms with E-state index in [-0.39, 0.29) is 30.0 Å². The molecule has 1 aliphatic heterocycles. The first-order valence-electron chi connectivity index (χ1n) is 13.3. The van der Waals surface area contributed by atoms with Gasteiger partial charge in [-0.1, -0.05) is 41.4 Å². The van der Waals surface area contributed by atoms with Gasteiger partial charge in [-0.05, 0) is 67.3 Å². The summed E-state index contributed by atoms with van der Waals surface area (Å²) in [6.45, 7) is 1.57. The van der Waals surface area contributed by atoms with Crippen LogP contribution in [0.1, 0.15) is 35.2 Å². The second kappa shape index (κ2) is 10.7. The quantitative estimate of drug-likeness (QED) is 0.234. The van der Waals surface area contributed by atoms with Gasteiger partial charge in [-0.3, -0.25) is 9.59 Å². The monoisotopic (exact) mass is 613 g/mol. The second-order valence-corrected chi connectivity index (χ2v) is 11.3. The van der Waals surface area contributed by atoms with Crippen molar-refractivity contribution < 1.29 is 22.8 Å². The average Bonchev–Trinajstić information content (AvgIpc) is 3.74. The Labute approximate surface area is 249 Å². The van der Waals surface area contributed by atoms with E-state index in [2.05, 4.69) is 15.5 Å². The minimum absolute atomic E-state index is 0.112. The van der Waals surface area contributed by atoms with Crippen LogP contribution in [-0.4, -0.2) is 41.0 Å². The maximum absolute atomic E-state index is 13.3. The van der Waals surface area contributed by atoms with Gasteiger partial charge in [0.15, 0.2) is 5.82 Å². The number of carbonyl (C=O) groups is 2. The van der Waals surface area contributed by atoms with E-state index >= 15 is 0 Å². The normalized spacial score (nSPS) is 15.7. The molecule has 3 aromatic carbocycles. The van der Waals surface area contributed by atoms with Gasteiger partial charge < -0.3 is 15.5 Å². The Balaban J connectivity index is 1.24. The zero-order valence-corrected chi connectivity index (χ0v) is 23.6. The number of aromatic nitrogens is 2. The number of rotatable bonds is 7. The van der Waals surface area contributed by atoms with E-state index < -0.39 is 23.4 Å². The molecule has 4 aromatic rings. The molecule has 2 aliphatic rings. The topological polar surface area (TPSA) is 87.2 Å². The summed E-state index contributed by atoms with van der Waals surface area (Å²) in [6, 6.07) is 17.1. The molecule has 42 heavy (non-hydrogen) atoms. The van der Waals surface area contributed by atoms with Crippen LogP contribution in [-0.2, 0) is 11.3 Å². The third kappa shape index (κ3) is 5.25. The maximum atomic E-state index is 13.3. The number of hydrogen-bond donors (Lipinski definition) is 2. The number of anilines is 2.